The van der Waals surface area contributed by atoms with Crippen LogP contribution in [0, 0.1) is 13.8 Å². The molecule has 3 aromatic rings. The Bertz CT molecular complexity index is 958. The van der Waals surface area contributed by atoms with Gasteiger partial charge in [0.05, 0.1) is 17.1 Å². The first-order chi connectivity index (χ1) is 11.9. The van der Waals surface area contributed by atoms with Gasteiger partial charge < -0.3 is 4.52 Å². The third-order valence-corrected chi connectivity index (χ3v) is 5.67. The number of aromatic nitrogens is 3. The molecule has 2 aromatic heterocycles. The molecule has 0 unspecified atom stereocenters. The summed E-state index contributed by atoms with van der Waals surface area (Å²) < 4.78 is 32.6. The van der Waals surface area contributed by atoms with Crippen LogP contribution >= 0.6 is 11.6 Å². The minimum Gasteiger partial charge on any atom is -0.356 e. The second kappa shape index (κ2) is 6.99. The fraction of sp³-hybridized carbons (Fsp3) is 0.250. The van der Waals surface area contributed by atoms with Crippen molar-refractivity contribution in [3.63, 3.8) is 0 Å². The molecule has 132 valence electrons. The van der Waals surface area contributed by atoms with E-state index < -0.39 is 10.0 Å². The van der Waals surface area contributed by atoms with Crippen LogP contribution in [0.15, 0.2) is 39.8 Å². The molecule has 0 aliphatic heterocycles. The van der Waals surface area contributed by atoms with E-state index in [0.29, 0.717) is 34.3 Å². The summed E-state index contributed by atoms with van der Waals surface area (Å²) in [4.78, 5) is 0.189. The third kappa shape index (κ3) is 3.92. The van der Waals surface area contributed by atoms with E-state index in [-0.39, 0.29) is 11.4 Å². The highest BCUT2D eigenvalue weighted by Crippen LogP contribution is 2.22. The Labute approximate surface area is 150 Å². The van der Waals surface area contributed by atoms with Gasteiger partial charge in [-0.05, 0) is 38.1 Å². The number of aryl methyl sites for hydroxylation is 2. The average Bonchev–Trinajstić information content (AvgIpc) is 3.15. The highest BCUT2D eigenvalue weighted by Gasteiger charge is 2.21. The largest absolute Gasteiger partial charge is 0.356 e. The van der Waals surface area contributed by atoms with Crippen LogP contribution in [-0.4, -0.2) is 30.3 Å². The van der Waals surface area contributed by atoms with Gasteiger partial charge in [0.1, 0.15) is 4.90 Å². The number of halogens is 1. The van der Waals surface area contributed by atoms with E-state index in [1.54, 1.807) is 32.0 Å². The fourth-order valence-corrected chi connectivity index (χ4v) is 4.03. The van der Waals surface area contributed by atoms with E-state index >= 15 is 0 Å². The van der Waals surface area contributed by atoms with Crippen LogP contribution in [0.25, 0.3) is 11.3 Å². The SMILES string of the molecule is Cc1n[nH]c(C)c1S(=O)(=O)NCCc1cc(-c2ccc(Cl)cc2)on1. The average molecular weight is 381 g/mol. The highest BCUT2D eigenvalue weighted by atomic mass is 35.5. The smallest absolute Gasteiger partial charge is 0.244 e. The van der Waals surface area contributed by atoms with Crippen molar-refractivity contribution in [1.29, 1.82) is 0 Å². The predicted octanol–water partition coefficient (Wildman–Crippen LogP) is 2.86. The van der Waals surface area contributed by atoms with Crippen molar-refractivity contribution in [2.45, 2.75) is 25.2 Å². The van der Waals surface area contributed by atoms with Gasteiger partial charge in [-0.25, -0.2) is 13.1 Å². The molecule has 0 aliphatic rings. The standard InChI is InChI=1S/C16H17ClN4O3S/c1-10-16(11(2)20-19-10)25(22,23)18-8-7-14-9-15(24-21-14)12-3-5-13(17)6-4-12/h3-6,9,18H,7-8H2,1-2H3,(H,19,20). The summed E-state index contributed by atoms with van der Waals surface area (Å²) in [6, 6.07) is 8.98. The summed E-state index contributed by atoms with van der Waals surface area (Å²) in [5.74, 6) is 0.607. The van der Waals surface area contributed by atoms with Crippen molar-refractivity contribution in [2.75, 3.05) is 6.54 Å². The lowest BCUT2D eigenvalue weighted by Gasteiger charge is -2.05. The van der Waals surface area contributed by atoms with Gasteiger partial charge in [-0.3, -0.25) is 5.10 Å². The van der Waals surface area contributed by atoms with Crippen LogP contribution in [0.4, 0.5) is 0 Å². The normalized spacial score (nSPS) is 11.8. The van der Waals surface area contributed by atoms with Gasteiger partial charge in [0.25, 0.3) is 0 Å². The topological polar surface area (TPSA) is 101 Å². The lowest BCUT2D eigenvalue weighted by molar-refractivity contribution is 0.423. The molecular formula is C16H17ClN4O3S. The monoisotopic (exact) mass is 380 g/mol. The zero-order chi connectivity index (χ0) is 18.0. The molecule has 0 bridgehead atoms. The van der Waals surface area contributed by atoms with Gasteiger partial charge in [-0.1, -0.05) is 16.8 Å². The van der Waals surface area contributed by atoms with Crippen LogP contribution in [0.3, 0.4) is 0 Å². The van der Waals surface area contributed by atoms with Crippen molar-refractivity contribution >= 4 is 21.6 Å². The van der Waals surface area contributed by atoms with Gasteiger partial charge in [0.15, 0.2) is 5.76 Å². The molecule has 0 amide bonds. The second-order valence-electron chi connectivity index (χ2n) is 5.60. The quantitative estimate of drug-likeness (QED) is 0.684. The Morgan fingerprint density at radius 1 is 1.24 bits per heavy atom. The first kappa shape index (κ1) is 17.7. The highest BCUT2D eigenvalue weighted by molar-refractivity contribution is 7.89. The van der Waals surface area contributed by atoms with E-state index in [4.69, 9.17) is 16.1 Å². The second-order valence-corrected chi connectivity index (χ2v) is 7.74. The molecule has 0 atom stereocenters. The number of benzene rings is 1. The third-order valence-electron chi connectivity index (χ3n) is 3.69. The number of hydrogen-bond donors (Lipinski definition) is 2. The molecule has 0 fully saturated rings. The van der Waals surface area contributed by atoms with Gasteiger partial charge in [-0.15, -0.1) is 0 Å². The number of nitrogens with one attached hydrogen (secondary N) is 2. The Balaban J connectivity index is 1.64. The van der Waals surface area contributed by atoms with Crippen LogP contribution in [0.2, 0.25) is 5.02 Å². The van der Waals surface area contributed by atoms with Crippen molar-refractivity contribution in [3.05, 3.63) is 52.4 Å². The maximum Gasteiger partial charge on any atom is 0.244 e. The van der Waals surface area contributed by atoms with Crippen molar-refractivity contribution < 1.29 is 12.9 Å². The molecule has 2 heterocycles. The number of H-pyrrole nitrogens is 1. The Morgan fingerprint density at radius 2 is 1.96 bits per heavy atom. The summed E-state index contributed by atoms with van der Waals surface area (Å²) >= 11 is 5.86. The van der Waals surface area contributed by atoms with Crippen LogP contribution in [0.5, 0.6) is 0 Å². The number of sulfonamides is 1. The summed E-state index contributed by atoms with van der Waals surface area (Å²) in [5.41, 5.74) is 2.47. The first-order valence-corrected chi connectivity index (χ1v) is 9.46. The fourth-order valence-electron chi connectivity index (χ4n) is 2.50. The van der Waals surface area contributed by atoms with Crippen LogP contribution in [-0.2, 0) is 16.4 Å². The van der Waals surface area contributed by atoms with Crippen LogP contribution < -0.4 is 4.72 Å². The van der Waals surface area contributed by atoms with Gasteiger partial charge in [0.2, 0.25) is 10.0 Å². The molecule has 2 N–H and O–H groups in total. The van der Waals surface area contributed by atoms with E-state index in [9.17, 15) is 8.42 Å². The van der Waals surface area contributed by atoms with Gasteiger partial charge >= 0.3 is 0 Å². The van der Waals surface area contributed by atoms with Crippen molar-refractivity contribution in [2.24, 2.45) is 0 Å². The van der Waals surface area contributed by atoms with Crippen molar-refractivity contribution in [1.82, 2.24) is 20.1 Å². The zero-order valence-corrected chi connectivity index (χ0v) is 15.3. The maximum atomic E-state index is 12.4. The lowest BCUT2D eigenvalue weighted by Crippen LogP contribution is -2.26. The number of hydrogen-bond acceptors (Lipinski definition) is 5. The van der Waals surface area contributed by atoms with Gasteiger partial charge in [-0.2, -0.15) is 5.10 Å². The molecule has 0 spiro atoms. The molecule has 0 saturated carbocycles. The minimum atomic E-state index is -3.62. The zero-order valence-electron chi connectivity index (χ0n) is 13.7. The van der Waals surface area contributed by atoms with E-state index in [2.05, 4.69) is 20.1 Å². The minimum absolute atomic E-state index is 0.189. The predicted molar refractivity (Wildman–Crippen MR) is 93.9 cm³/mol. The Hall–Kier alpha value is -2.16. The molecule has 0 aliphatic carbocycles. The molecule has 0 radical (unpaired) electrons. The molecular weight excluding hydrogens is 364 g/mol. The summed E-state index contributed by atoms with van der Waals surface area (Å²) in [7, 11) is -3.62. The van der Waals surface area contributed by atoms with Crippen LogP contribution in [0.1, 0.15) is 17.1 Å². The van der Waals surface area contributed by atoms with E-state index in [0.717, 1.165) is 5.56 Å². The molecule has 9 heteroatoms. The number of aromatic amines is 1. The summed E-state index contributed by atoms with van der Waals surface area (Å²) in [6.07, 6.45) is 0.409. The number of rotatable bonds is 6. The molecule has 7 nitrogen and oxygen atoms in total. The lowest BCUT2D eigenvalue weighted by atomic mass is 10.1. The summed E-state index contributed by atoms with van der Waals surface area (Å²) in [5, 5.41) is 11.2. The molecule has 0 saturated heterocycles. The summed E-state index contributed by atoms with van der Waals surface area (Å²) in [6.45, 7) is 3.53. The molecule has 25 heavy (non-hydrogen) atoms. The Morgan fingerprint density at radius 3 is 2.60 bits per heavy atom. The van der Waals surface area contributed by atoms with E-state index in [1.807, 2.05) is 12.1 Å². The van der Waals surface area contributed by atoms with Crippen molar-refractivity contribution in [3.8, 4) is 11.3 Å². The Kier molecular flexibility index (Phi) is 4.94. The first-order valence-electron chi connectivity index (χ1n) is 7.59. The van der Waals surface area contributed by atoms with Gasteiger partial charge in [0, 0.05) is 29.6 Å². The van der Waals surface area contributed by atoms with E-state index in [1.165, 1.54) is 0 Å². The number of nitrogens with zero attached hydrogens (tertiary/aromatic N) is 2. The molecule has 3 rings (SSSR count). The maximum absolute atomic E-state index is 12.4. The molecule has 1 aromatic carbocycles.